The van der Waals surface area contributed by atoms with Crippen LogP contribution in [0.15, 0.2) is 58.3 Å². The minimum absolute atomic E-state index is 0.0155. The fraction of sp³-hybridized carbons (Fsp3) is 0.368. The fourth-order valence-electron chi connectivity index (χ4n) is 3.31. The zero-order valence-corrected chi connectivity index (χ0v) is 18.5. The van der Waals surface area contributed by atoms with E-state index in [2.05, 4.69) is 4.72 Å². The summed E-state index contributed by atoms with van der Waals surface area (Å²) in [6.07, 6.45) is 0.0155. The molecule has 1 fully saturated rings. The van der Waals surface area contributed by atoms with Crippen LogP contribution in [0.25, 0.3) is 0 Å². The Morgan fingerprint density at radius 1 is 0.966 bits per heavy atom. The number of hydrogen-bond acceptors (Lipinski definition) is 6. The normalized spacial score (nSPS) is 19.3. The lowest BCUT2D eigenvalue weighted by Crippen LogP contribution is -2.23. The molecule has 0 spiro atoms. The smallest absolute Gasteiger partial charge is 0.261 e. The molecule has 3 rings (SSSR count). The van der Waals surface area contributed by atoms with E-state index >= 15 is 0 Å². The van der Waals surface area contributed by atoms with E-state index in [4.69, 9.17) is 0 Å². The summed E-state index contributed by atoms with van der Waals surface area (Å²) in [6, 6.07) is 12.0. The van der Waals surface area contributed by atoms with Crippen LogP contribution in [0.4, 0.5) is 5.69 Å². The van der Waals surface area contributed by atoms with Crippen molar-refractivity contribution in [2.45, 2.75) is 41.2 Å². The number of nitrogens with one attached hydrogen (secondary N) is 1. The van der Waals surface area contributed by atoms with Gasteiger partial charge in [0.15, 0.2) is 19.7 Å². The summed E-state index contributed by atoms with van der Waals surface area (Å²) in [6.45, 7) is 3.88. The van der Waals surface area contributed by atoms with Gasteiger partial charge in [0.25, 0.3) is 10.0 Å². The van der Waals surface area contributed by atoms with Crippen LogP contribution in [-0.2, 0) is 29.7 Å². The minimum Gasteiger partial charge on any atom is -0.279 e. The molecule has 1 saturated heterocycles. The van der Waals surface area contributed by atoms with Crippen molar-refractivity contribution < 1.29 is 25.3 Å². The summed E-state index contributed by atoms with van der Waals surface area (Å²) in [5.74, 6) is -0.528. The molecule has 7 nitrogen and oxygen atoms in total. The van der Waals surface area contributed by atoms with E-state index < -0.39 is 40.7 Å². The van der Waals surface area contributed by atoms with E-state index in [9.17, 15) is 25.3 Å². The van der Waals surface area contributed by atoms with Crippen LogP contribution < -0.4 is 4.72 Å². The third kappa shape index (κ3) is 4.65. The van der Waals surface area contributed by atoms with Crippen molar-refractivity contribution in [1.29, 1.82) is 0 Å². The molecule has 0 radical (unpaired) electrons. The highest BCUT2D eigenvalue weighted by Crippen LogP contribution is 2.29. The SMILES string of the molecule is CC(C)c1ccccc1NS(=O)(=O)c1cccc(S(=O)(=O)C2CCS(=O)(=O)C2)c1. The second kappa shape index (κ2) is 7.73. The molecule has 0 amide bonds. The zero-order chi connectivity index (χ0) is 21.4. The molecule has 1 N–H and O–H groups in total. The third-order valence-corrected chi connectivity index (χ3v) is 10.4. The zero-order valence-electron chi connectivity index (χ0n) is 16.1. The Morgan fingerprint density at radius 3 is 2.24 bits per heavy atom. The monoisotopic (exact) mass is 457 g/mol. The summed E-state index contributed by atoms with van der Waals surface area (Å²) >= 11 is 0. The molecule has 0 aliphatic carbocycles. The van der Waals surface area contributed by atoms with Crippen LogP contribution in [0.2, 0.25) is 0 Å². The summed E-state index contributed by atoms with van der Waals surface area (Å²) < 4.78 is 77.3. The Kier molecular flexibility index (Phi) is 5.81. The molecule has 29 heavy (non-hydrogen) atoms. The van der Waals surface area contributed by atoms with Crippen LogP contribution in [-0.4, -0.2) is 42.0 Å². The van der Waals surface area contributed by atoms with Crippen LogP contribution in [0.5, 0.6) is 0 Å². The van der Waals surface area contributed by atoms with Gasteiger partial charge in [-0.25, -0.2) is 25.3 Å². The van der Waals surface area contributed by atoms with Crippen molar-refractivity contribution in [1.82, 2.24) is 0 Å². The third-order valence-electron chi connectivity index (χ3n) is 4.90. The van der Waals surface area contributed by atoms with E-state index in [1.165, 1.54) is 18.2 Å². The molecule has 2 aromatic carbocycles. The molecule has 0 aromatic heterocycles. The van der Waals surface area contributed by atoms with Gasteiger partial charge in [0, 0.05) is 0 Å². The lowest BCUT2D eigenvalue weighted by molar-refractivity contribution is 0.582. The molecule has 0 saturated carbocycles. The van der Waals surface area contributed by atoms with Gasteiger partial charge in [-0.2, -0.15) is 0 Å². The van der Waals surface area contributed by atoms with Gasteiger partial charge in [0.1, 0.15) is 0 Å². The standard InChI is InChI=1S/C19H23NO6S3/c1-14(2)18-8-3-4-9-19(18)20-29(25,26)16-7-5-6-15(12-16)28(23,24)17-10-11-27(21,22)13-17/h3-9,12,14,17,20H,10-11,13H2,1-2H3. The van der Waals surface area contributed by atoms with Gasteiger partial charge in [-0.15, -0.1) is 0 Å². The highest BCUT2D eigenvalue weighted by atomic mass is 32.2. The van der Waals surface area contributed by atoms with Crippen molar-refractivity contribution in [2.75, 3.05) is 16.2 Å². The lowest BCUT2D eigenvalue weighted by Gasteiger charge is -2.16. The highest BCUT2D eigenvalue weighted by Gasteiger charge is 2.38. The van der Waals surface area contributed by atoms with Gasteiger partial charge in [-0.3, -0.25) is 4.72 Å². The molecular formula is C19H23NO6S3. The molecule has 1 heterocycles. The van der Waals surface area contributed by atoms with Crippen LogP contribution in [0, 0.1) is 0 Å². The maximum Gasteiger partial charge on any atom is 0.261 e. The predicted octanol–water partition coefficient (Wildman–Crippen LogP) is 2.57. The van der Waals surface area contributed by atoms with Crippen molar-refractivity contribution in [2.24, 2.45) is 0 Å². The first-order valence-corrected chi connectivity index (χ1v) is 13.9. The van der Waals surface area contributed by atoms with Gasteiger partial charge in [-0.05, 0) is 42.2 Å². The predicted molar refractivity (Wildman–Crippen MR) is 112 cm³/mol. The average molecular weight is 458 g/mol. The maximum absolute atomic E-state index is 12.9. The minimum atomic E-state index is -4.03. The van der Waals surface area contributed by atoms with E-state index in [0.717, 1.165) is 11.6 Å². The van der Waals surface area contributed by atoms with Crippen molar-refractivity contribution in [3.05, 3.63) is 54.1 Å². The van der Waals surface area contributed by atoms with E-state index in [0.29, 0.717) is 5.69 Å². The molecule has 2 aromatic rings. The average Bonchev–Trinajstić information content (AvgIpc) is 3.02. The van der Waals surface area contributed by atoms with Gasteiger partial charge in [-0.1, -0.05) is 38.1 Å². The van der Waals surface area contributed by atoms with Crippen LogP contribution in [0.1, 0.15) is 31.7 Å². The largest absolute Gasteiger partial charge is 0.279 e. The Balaban J connectivity index is 1.95. The van der Waals surface area contributed by atoms with Crippen molar-refractivity contribution in [3.8, 4) is 0 Å². The first-order chi connectivity index (χ1) is 13.4. The summed E-state index contributed by atoms with van der Waals surface area (Å²) in [4.78, 5) is -0.391. The molecule has 1 aliphatic heterocycles. The first kappa shape index (κ1) is 21.8. The molecule has 1 aliphatic rings. The van der Waals surface area contributed by atoms with Gasteiger partial charge in [0.05, 0.1) is 32.2 Å². The number of sulfone groups is 2. The Bertz CT molecular complexity index is 1230. The van der Waals surface area contributed by atoms with E-state index in [-0.39, 0.29) is 27.9 Å². The number of para-hydroxylation sites is 1. The Morgan fingerprint density at radius 2 is 1.62 bits per heavy atom. The van der Waals surface area contributed by atoms with E-state index in [1.807, 2.05) is 26.0 Å². The summed E-state index contributed by atoms with van der Waals surface area (Å²) in [5.41, 5.74) is 1.24. The number of sulfonamides is 1. The van der Waals surface area contributed by atoms with Gasteiger partial charge in [0.2, 0.25) is 0 Å². The molecule has 10 heteroatoms. The molecule has 158 valence electrons. The molecular weight excluding hydrogens is 434 g/mol. The second-order valence-electron chi connectivity index (χ2n) is 7.39. The number of hydrogen-bond donors (Lipinski definition) is 1. The highest BCUT2D eigenvalue weighted by molar-refractivity contribution is 7.96. The quantitative estimate of drug-likeness (QED) is 0.713. The fourth-order valence-corrected chi connectivity index (χ4v) is 8.92. The van der Waals surface area contributed by atoms with Gasteiger partial charge < -0.3 is 0 Å². The van der Waals surface area contributed by atoms with E-state index in [1.54, 1.807) is 12.1 Å². The molecule has 1 unspecified atom stereocenters. The maximum atomic E-state index is 12.9. The number of rotatable bonds is 6. The summed E-state index contributed by atoms with van der Waals surface area (Å²) in [5, 5.41) is -1.06. The summed E-state index contributed by atoms with van der Waals surface area (Å²) in [7, 11) is -11.4. The van der Waals surface area contributed by atoms with Crippen molar-refractivity contribution >= 4 is 35.4 Å². The topological polar surface area (TPSA) is 114 Å². The number of benzene rings is 2. The Labute approximate surface area is 172 Å². The van der Waals surface area contributed by atoms with Gasteiger partial charge >= 0.3 is 0 Å². The molecule has 0 bridgehead atoms. The first-order valence-electron chi connectivity index (χ1n) is 9.08. The van der Waals surface area contributed by atoms with Crippen LogP contribution >= 0.6 is 0 Å². The lowest BCUT2D eigenvalue weighted by atomic mass is 10.0. The number of anilines is 1. The Hall–Kier alpha value is -1.91. The second-order valence-corrected chi connectivity index (χ2v) is 13.5. The van der Waals surface area contributed by atoms with Crippen LogP contribution in [0.3, 0.4) is 0 Å². The van der Waals surface area contributed by atoms with Crippen molar-refractivity contribution in [3.63, 3.8) is 0 Å². The molecule has 1 atom stereocenters.